The van der Waals surface area contributed by atoms with E-state index in [1.54, 1.807) is 8.42 Å². The summed E-state index contributed by atoms with van der Waals surface area (Å²) >= 11 is 4.06. The molecule has 0 saturated heterocycles. The zero-order valence-corrected chi connectivity index (χ0v) is 24.8. The summed E-state index contributed by atoms with van der Waals surface area (Å²) in [6.07, 6.45) is 0. The number of rotatable bonds is 8. The monoisotopic (exact) mass is 572 g/mol. The molecule has 0 nitrogen and oxygen atoms in total. The van der Waals surface area contributed by atoms with Crippen LogP contribution in [0.2, 0.25) is 0 Å². The summed E-state index contributed by atoms with van der Waals surface area (Å²) < 4.78 is 5.88. The topological polar surface area (TPSA) is 0 Å². The average molecular weight is 573 g/mol. The summed E-state index contributed by atoms with van der Waals surface area (Å²) in [5.74, 6) is 3.11. The van der Waals surface area contributed by atoms with E-state index in [0.29, 0.717) is 0 Å². The van der Waals surface area contributed by atoms with E-state index in [1.165, 1.54) is 36.9 Å². The second-order valence-electron chi connectivity index (χ2n) is 10.9. The molecule has 0 saturated carbocycles. The van der Waals surface area contributed by atoms with Crippen LogP contribution in [-0.4, -0.2) is 0 Å². The molecule has 7 aromatic rings. The van der Waals surface area contributed by atoms with Crippen LogP contribution in [-0.2, 0) is 17.3 Å². The number of thiol groups is 1. The Morgan fingerprint density at radius 3 is 1.05 bits per heavy atom. The second-order valence-corrected chi connectivity index (χ2v) is 19.1. The molecular formula is C37H32S3. The summed E-state index contributed by atoms with van der Waals surface area (Å²) in [5, 5.41) is 2.71. The zero-order valence-electron chi connectivity index (χ0n) is 22.3. The van der Waals surface area contributed by atoms with Gasteiger partial charge in [-0.2, -0.15) is 0 Å². The molecule has 0 aliphatic carbocycles. The lowest BCUT2D eigenvalue weighted by Gasteiger charge is -2.61. The van der Waals surface area contributed by atoms with Crippen LogP contribution in [0.15, 0.2) is 160 Å². The highest BCUT2D eigenvalue weighted by atomic mass is 32.3. The number of hydrogen-bond donors (Lipinski definition) is 1. The molecule has 0 atom stereocenters. The summed E-state index contributed by atoms with van der Waals surface area (Å²) in [6.45, 7) is 0. The molecule has 0 unspecified atom stereocenters. The fraction of sp³-hybridized carbons (Fsp3) is 0.0811. The van der Waals surface area contributed by atoms with Crippen molar-refractivity contribution >= 4 is 52.0 Å². The van der Waals surface area contributed by atoms with Gasteiger partial charge in [-0.15, -0.1) is 22.7 Å². The largest absolute Gasteiger partial charge is 0.215 e. The summed E-state index contributed by atoms with van der Waals surface area (Å²) in [6, 6.07) is 56.8. The molecule has 0 N–H and O–H groups in total. The van der Waals surface area contributed by atoms with Gasteiger partial charge in [0.25, 0.3) is 0 Å². The van der Waals surface area contributed by atoms with Gasteiger partial charge in [-0.25, -0.2) is 9.16 Å². The van der Waals surface area contributed by atoms with Gasteiger partial charge in [0.05, 0.1) is 0 Å². The van der Waals surface area contributed by atoms with Crippen molar-refractivity contribution in [2.24, 2.45) is 0 Å². The van der Waals surface area contributed by atoms with Crippen LogP contribution in [0.5, 0.6) is 0 Å². The van der Waals surface area contributed by atoms with Crippen LogP contribution in [0.4, 0.5) is 0 Å². The molecule has 0 aliphatic rings. The molecule has 0 amide bonds. The van der Waals surface area contributed by atoms with E-state index in [2.05, 4.69) is 152 Å². The van der Waals surface area contributed by atoms with Gasteiger partial charge in [-0.1, -0.05) is 127 Å². The van der Waals surface area contributed by atoms with E-state index < -0.39 is 9.16 Å². The number of fused-ring (bicyclic) bond motifs is 2. The quantitative estimate of drug-likeness (QED) is 0.172. The SMILES string of the molecule is c1ccc(C[SH](Cc2ccccc2)(Cc2ccccc2)(c2cc3ccccc3s2)c2cc3ccccc3s2)cc1. The van der Waals surface area contributed by atoms with Crippen LogP contribution in [0, 0.1) is 0 Å². The van der Waals surface area contributed by atoms with E-state index in [0.717, 1.165) is 17.3 Å². The highest BCUT2D eigenvalue weighted by Gasteiger charge is 2.48. The van der Waals surface area contributed by atoms with E-state index in [9.17, 15) is 0 Å². The maximum absolute atomic E-state index is 2.98. The van der Waals surface area contributed by atoms with E-state index in [4.69, 9.17) is 0 Å². The molecule has 5 aromatic carbocycles. The molecule has 7 rings (SSSR count). The smallest absolute Gasteiger partial charge is 0.0353 e. The lowest BCUT2D eigenvalue weighted by molar-refractivity contribution is 1.18. The molecule has 0 bridgehead atoms. The maximum atomic E-state index is 2.55. The van der Waals surface area contributed by atoms with Gasteiger partial charge < -0.3 is 0 Å². The first kappa shape index (κ1) is 25.3. The van der Waals surface area contributed by atoms with Gasteiger partial charge >= 0.3 is 0 Å². The van der Waals surface area contributed by atoms with Crippen molar-refractivity contribution in [3.05, 3.63) is 168 Å². The van der Waals surface area contributed by atoms with Gasteiger partial charge in [-0.05, 0) is 69.0 Å². The number of hydrogen-bond acceptors (Lipinski definition) is 2. The number of thiophene rings is 2. The fourth-order valence-electron chi connectivity index (χ4n) is 6.33. The summed E-state index contributed by atoms with van der Waals surface area (Å²) in [7, 11) is -2.98. The predicted molar refractivity (Wildman–Crippen MR) is 180 cm³/mol. The Morgan fingerprint density at radius 1 is 0.375 bits per heavy atom. The number of benzene rings is 5. The minimum atomic E-state index is -2.98. The van der Waals surface area contributed by atoms with E-state index in [-0.39, 0.29) is 0 Å². The third-order valence-corrected chi connectivity index (χ3v) is 19.4. The molecule has 0 aliphatic heterocycles. The Labute approximate surface area is 244 Å². The lowest BCUT2D eigenvalue weighted by atomic mass is 10.2. The summed E-state index contributed by atoms with van der Waals surface area (Å²) in [4.78, 5) is 0. The highest BCUT2D eigenvalue weighted by Crippen LogP contribution is 2.88. The van der Waals surface area contributed by atoms with Crippen molar-refractivity contribution in [3.8, 4) is 0 Å². The van der Waals surface area contributed by atoms with Crippen LogP contribution < -0.4 is 0 Å². The molecule has 2 aromatic heterocycles. The first-order valence-electron chi connectivity index (χ1n) is 13.8. The average Bonchev–Trinajstić information content (AvgIpc) is 3.65. The van der Waals surface area contributed by atoms with Crippen molar-refractivity contribution in [2.45, 2.75) is 25.7 Å². The summed E-state index contributed by atoms with van der Waals surface area (Å²) in [5.41, 5.74) is 4.26. The molecule has 0 fully saturated rings. The van der Waals surface area contributed by atoms with Gasteiger partial charge in [0, 0.05) is 17.8 Å². The Kier molecular flexibility index (Phi) is 6.59. The Balaban J connectivity index is 1.63. The van der Waals surface area contributed by atoms with Crippen molar-refractivity contribution in [2.75, 3.05) is 0 Å². The maximum Gasteiger partial charge on any atom is 0.0353 e. The third kappa shape index (κ3) is 4.49. The molecular weight excluding hydrogens is 541 g/mol. The van der Waals surface area contributed by atoms with Crippen LogP contribution >= 0.6 is 31.8 Å². The Hall–Kier alpha value is -3.63. The first-order chi connectivity index (χ1) is 19.7. The van der Waals surface area contributed by atoms with Gasteiger partial charge in [0.15, 0.2) is 0 Å². The highest BCUT2D eigenvalue weighted by molar-refractivity contribution is 8.49. The Bertz CT molecular complexity index is 1630. The van der Waals surface area contributed by atoms with Crippen molar-refractivity contribution in [1.29, 1.82) is 0 Å². The van der Waals surface area contributed by atoms with Crippen molar-refractivity contribution in [3.63, 3.8) is 0 Å². The fourth-order valence-corrected chi connectivity index (χ4v) is 18.1. The third-order valence-electron chi connectivity index (χ3n) is 8.20. The second kappa shape index (κ2) is 10.4. The van der Waals surface area contributed by atoms with E-state index in [1.807, 2.05) is 22.7 Å². The molecule has 3 heteroatoms. The molecule has 2 heterocycles. The van der Waals surface area contributed by atoms with Crippen LogP contribution in [0.1, 0.15) is 16.7 Å². The van der Waals surface area contributed by atoms with Crippen LogP contribution in [0.25, 0.3) is 20.2 Å². The minimum absolute atomic E-state index is 1.04. The Morgan fingerprint density at radius 2 is 0.700 bits per heavy atom. The predicted octanol–water partition coefficient (Wildman–Crippen LogP) is 11.2. The van der Waals surface area contributed by atoms with Crippen molar-refractivity contribution < 1.29 is 0 Å². The standard InChI is InChI=1S/C37H32S3/c1-4-14-29(15-5-1)26-40(27-30-16-6-2-7-17-30,28-31-18-8-3-9-19-31,36-24-32-20-10-12-22-34(32)38-36)37-25-33-21-11-13-23-35(33)39-37/h1-25,40H,26-28H2. The molecule has 0 spiro atoms. The van der Waals surface area contributed by atoms with Gasteiger partial charge in [-0.3, -0.25) is 0 Å². The molecule has 0 radical (unpaired) electrons. The minimum Gasteiger partial charge on any atom is -0.215 e. The van der Waals surface area contributed by atoms with Gasteiger partial charge in [0.2, 0.25) is 0 Å². The zero-order chi connectivity index (χ0) is 26.9. The first-order valence-corrected chi connectivity index (χ1v) is 18.2. The van der Waals surface area contributed by atoms with Crippen molar-refractivity contribution in [1.82, 2.24) is 0 Å². The van der Waals surface area contributed by atoms with Gasteiger partial charge in [0.1, 0.15) is 0 Å². The normalized spacial score (nSPS) is 12.8. The lowest BCUT2D eigenvalue weighted by Crippen LogP contribution is -2.25. The van der Waals surface area contributed by atoms with Crippen LogP contribution in [0.3, 0.4) is 0 Å². The van der Waals surface area contributed by atoms with E-state index >= 15 is 0 Å². The molecule has 198 valence electrons. The molecule has 40 heavy (non-hydrogen) atoms.